The van der Waals surface area contributed by atoms with Gasteiger partial charge in [-0.3, -0.25) is 4.79 Å². The van der Waals surface area contributed by atoms with Crippen LogP contribution < -0.4 is 4.90 Å². The lowest BCUT2D eigenvalue weighted by molar-refractivity contribution is -0.116. The molecule has 0 atom stereocenters. The first-order chi connectivity index (χ1) is 12.3. The molecule has 2 aromatic rings. The maximum atomic E-state index is 13.0. The number of aryl methyl sites for hydroxylation is 1. The highest BCUT2D eigenvalue weighted by atomic mass is 35.5. The van der Waals surface area contributed by atoms with Crippen LogP contribution in [0, 0.1) is 0 Å². The van der Waals surface area contributed by atoms with Gasteiger partial charge in [-0.1, -0.05) is 29.8 Å². The number of anilines is 1. The topological polar surface area (TPSA) is 57.7 Å². The maximum absolute atomic E-state index is 13.0. The molecule has 5 nitrogen and oxygen atoms in total. The highest BCUT2D eigenvalue weighted by molar-refractivity contribution is 7.89. The van der Waals surface area contributed by atoms with Crippen molar-refractivity contribution >= 4 is 33.2 Å². The Morgan fingerprint density at radius 2 is 1.96 bits per heavy atom. The Kier molecular flexibility index (Phi) is 5.37. The number of hydrogen-bond acceptors (Lipinski definition) is 3. The van der Waals surface area contributed by atoms with Crippen LogP contribution in [0.25, 0.3) is 0 Å². The largest absolute Gasteiger partial charge is 0.312 e. The van der Waals surface area contributed by atoms with Crippen LogP contribution in [0.3, 0.4) is 0 Å². The molecule has 0 aliphatic carbocycles. The average Bonchev–Trinajstić information content (AvgIpc) is 2.62. The van der Waals surface area contributed by atoms with Gasteiger partial charge in [-0.15, -0.1) is 0 Å². The van der Waals surface area contributed by atoms with Gasteiger partial charge >= 0.3 is 0 Å². The van der Waals surface area contributed by atoms with Gasteiger partial charge in [-0.25, -0.2) is 8.42 Å². The Morgan fingerprint density at radius 1 is 1.23 bits per heavy atom. The van der Waals surface area contributed by atoms with Crippen molar-refractivity contribution in [3.63, 3.8) is 0 Å². The molecule has 1 amide bonds. The molecule has 0 radical (unpaired) electrons. The first-order valence-electron chi connectivity index (χ1n) is 8.41. The Hall–Kier alpha value is -1.89. The van der Waals surface area contributed by atoms with Gasteiger partial charge in [0.25, 0.3) is 0 Å². The van der Waals surface area contributed by atoms with E-state index in [0.717, 1.165) is 29.7 Å². The third kappa shape index (κ3) is 3.63. The zero-order valence-corrected chi connectivity index (χ0v) is 16.3. The van der Waals surface area contributed by atoms with E-state index in [9.17, 15) is 13.2 Å². The van der Waals surface area contributed by atoms with E-state index in [1.54, 1.807) is 36.2 Å². The molecule has 26 heavy (non-hydrogen) atoms. The summed E-state index contributed by atoms with van der Waals surface area (Å²) < 4.78 is 27.2. The number of benzene rings is 2. The van der Waals surface area contributed by atoms with Crippen molar-refractivity contribution in [2.75, 3.05) is 18.5 Å². The zero-order chi connectivity index (χ0) is 18.9. The maximum Gasteiger partial charge on any atom is 0.243 e. The van der Waals surface area contributed by atoms with Crippen LogP contribution in [0.15, 0.2) is 47.4 Å². The molecule has 0 saturated carbocycles. The van der Waals surface area contributed by atoms with E-state index in [0.29, 0.717) is 11.6 Å². The van der Waals surface area contributed by atoms with E-state index in [1.807, 2.05) is 18.2 Å². The van der Waals surface area contributed by atoms with Crippen molar-refractivity contribution in [3.05, 3.63) is 58.6 Å². The van der Waals surface area contributed by atoms with Crippen molar-refractivity contribution in [2.24, 2.45) is 0 Å². The van der Waals surface area contributed by atoms with E-state index < -0.39 is 10.0 Å². The summed E-state index contributed by atoms with van der Waals surface area (Å²) in [5, 5.41) is 0.539. The van der Waals surface area contributed by atoms with Crippen molar-refractivity contribution in [1.82, 2.24) is 4.31 Å². The summed E-state index contributed by atoms with van der Waals surface area (Å²) in [4.78, 5) is 13.7. The summed E-state index contributed by atoms with van der Waals surface area (Å²) in [7, 11) is -2.11. The van der Waals surface area contributed by atoms with Gasteiger partial charge in [0.1, 0.15) is 0 Å². The van der Waals surface area contributed by atoms with Gasteiger partial charge in [0, 0.05) is 37.8 Å². The normalized spacial score (nSPS) is 14.4. The average molecular weight is 393 g/mol. The van der Waals surface area contributed by atoms with Crippen molar-refractivity contribution in [3.8, 4) is 0 Å². The molecule has 138 valence electrons. The Morgan fingerprint density at radius 3 is 2.65 bits per heavy atom. The predicted octanol–water partition coefficient (Wildman–Crippen LogP) is 3.46. The van der Waals surface area contributed by atoms with Crippen LogP contribution in [0.2, 0.25) is 5.02 Å². The molecule has 2 aromatic carbocycles. The fourth-order valence-corrected chi connectivity index (χ4v) is 4.59. The lowest BCUT2D eigenvalue weighted by Crippen LogP contribution is -2.34. The van der Waals surface area contributed by atoms with Crippen LogP contribution in [-0.4, -0.2) is 32.2 Å². The molecule has 0 spiro atoms. The van der Waals surface area contributed by atoms with Gasteiger partial charge < -0.3 is 4.90 Å². The quantitative estimate of drug-likeness (QED) is 0.800. The number of amides is 1. The molecule has 0 bridgehead atoms. The van der Waals surface area contributed by atoms with Gasteiger partial charge in [0.05, 0.1) is 4.90 Å². The molecule has 0 N–H and O–H groups in total. The Balaban J connectivity index is 1.90. The lowest BCUT2D eigenvalue weighted by atomic mass is 10.0. The summed E-state index contributed by atoms with van der Waals surface area (Å²) in [6.07, 6.45) is 1.59. The third-order valence-corrected chi connectivity index (χ3v) is 6.78. The van der Waals surface area contributed by atoms with Crippen LogP contribution in [0.5, 0.6) is 0 Å². The monoisotopic (exact) mass is 392 g/mol. The molecule has 0 aromatic heterocycles. The van der Waals surface area contributed by atoms with E-state index in [2.05, 4.69) is 0 Å². The minimum atomic E-state index is -3.65. The summed E-state index contributed by atoms with van der Waals surface area (Å²) in [5.74, 6) is -0.0302. The SMILES string of the molecule is CC(=O)N1CCCc2cc(S(=O)(=O)N(C)Cc3ccccc3Cl)ccc21. The van der Waals surface area contributed by atoms with Gasteiger partial charge in [-0.2, -0.15) is 4.31 Å². The molecule has 3 rings (SSSR count). The minimum Gasteiger partial charge on any atom is -0.312 e. The predicted molar refractivity (Wildman–Crippen MR) is 103 cm³/mol. The number of halogens is 1. The molecular weight excluding hydrogens is 372 g/mol. The summed E-state index contributed by atoms with van der Waals surface area (Å²) >= 11 is 6.15. The summed E-state index contributed by atoms with van der Waals surface area (Å²) in [6.45, 7) is 2.39. The van der Waals surface area contributed by atoms with E-state index in [1.165, 1.54) is 11.2 Å². The lowest BCUT2D eigenvalue weighted by Gasteiger charge is -2.29. The highest BCUT2D eigenvalue weighted by Crippen LogP contribution is 2.30. The van der Waals surface area contributed by atoms with Gasteiger partial charge in [0.15, 0.2) is 0 Å². The molecule has 1 aliphatic heterocycles. The second-order valence-corrected chi connectivity index (χ2v) is 8.87. The Bertz CT molecular complexity index is 944. The van der Waals surface area contributed by atoms with E-state index in [4.69, 9.17) is 11.6 Å². The molecular formula is C19H21ClN2O3S. The molecule has 0 unspecified atom stereocenters. The van der Waals surface area contributed by atoms with Gasteiger partial charge in [-0.05, 0) is 48.2 Å². The summed E-state index contributed by atoms with van der Waals surface area (Å²) in [6, 6.07) is 12.2. The highest BCUT2D eigenvalue weighted by Gasteiger charge is 2.25. The van der Waals surface area contributed by atoms with Crippen LogP contribution in [0.1, 0.15) is 24.5 Å². The smallest absolute Gasteiger partial charge is 0.243 e. The second-order valence-electron chi connectivity index (χ2n) is 6.42. The van der Waals surface area contributed by atoms with Crippen molar-refractivity contribution in [1.29, 1.82) is 0 Å². The molecule has 0 saturated heterocycles. The molecule has 0 fully saturated rings. The fourth-order valence-electron chi connectivity index (χ4n) is 3.19. The minimum absolute atomic E-state index is 0.0302. The van der Waals surface area contributed by atoms with Crippen LogP contribution in [0.4, 0.5) is 5.69 Å². The summed E-state index contributed by atoms with van der Waals surface area (Å²) in [5.41, 5.74) is 2.44. The number of hydrogen-bond donors (Lipinski definition) is 0. The van der Waals surface area contributed by atoms with E-state index in [-0.39, 0.29) is 17.3 Å². The van der Waals surface area contributed by atoms with Crippen LogP contribution in [-0.2, 0) is 27.8 Å². The van der Waals surface area contributed by atoms with E-state index >= 15 is 0 Å². The molecule has 1 heterocycles. The number of carbonyl (C=O) groups excluding carboxylic acids is 1. The van der Waals surface area contributed by atoms with Crippen LogP contribution >= 0.6 is 11.6 Å². The molecule has 7 heteroatoms. The first kappa shape index (κ1) is 18.9. The number of rotatable bonds is 4. The van der Waals surface area contributed by atoms with Crippen molar-refractivity contribution in [2.45, 2.75) is 31.2 Å². The van der Waals surface area contributed by atoms with Crippen molar-refractivity contribution < 1.29 is 13.2 Å². The second kappa shape index (κ2) is 7.39. The zero-order valence-electron chi connectivity index (χ0n) is 14.8. The standard InChI is InChI=1S/C19H21ClN2O3S/c1-14(23)22-11-5-7-15-12-17(9-10-19(15)22)26(24,25)21(2)13-16-6-3-4-8-18(16)20/h3-4,6,8-10,12H,5,7,11,13H2,1-2H3. The molecule has 1 aliphatic rings. The fraction of sp³-hybridized carbons (Fsp3) is 0.316. The number of carbonyl (C=O) groups is 1. The Labute approximate surface area is 159 Å². The first-order valence-corrected chi connectivity index (χ1v) is 10.2. The number of fused-ring (bicyclic) bond motifs is 1. The third-order valence-electron chi connectivity index (χ3n) is 4.61. The number of sulfonamides is 1. The van der Waals surface area contributed by atoms with Gasteiger partial charge in [0.2, 0.25) is 15.9 Å². The number of nitrogens with zero attached hydrogens (tertiary/aromatic N) is 2.